The Morgan fingerprint density at radius 3 is 2.73 bits per heavy atom. The maximum absolute atomic E-state index is 16.6. The van der Waals surface area contributed by atoms with Gasteiger partial charge in [-0.25, -0.2) is 4.39 Å². The van der Waals surface area contributed by atoms with Gasteiger partial charge in [-0.2, -0.15) is 9.97 Å². The SMILES string of the molecule is COCOc1cc(-c2ncc3c(N4CCOCC4)nc(OC4=C5CCCN5CC4)nc3c2F)c2ccccc2c1. The average Bonchev–Trinajstić information content (AvgIpc) is 3.61. The number of anilines is 1. The number of halogens is 1. The largest absolute Gasteiger partial charge is 0.468 e. The molecule has 0 unspecified atom stereocenters. The quantitative estimate of drug-likeness (QED) is 0.303. The van der Waals surface area contributed by atoms with Crippen LogP contribution in [0.25, 0.3) is 32.9 Å². The Morgan fingerprint density at radius 1 is 0.975 bits per heavy atom. The molecule has 0 N–H and O–H groups in total. The topological polar surface area (TPSA) is 82.1 Å². The Hall–Kier alpha value is -4.02. The smallest absolute Gasteiger partial charge is 0.324 e. The van der Waals surface area contributed by atoms with Gasteiger partial charge in [-0.1, -0.05) is 24.3 Å². The third-order valence-electron chi connectivity index (χ3n) is 7.76. The number of rotatable bonds is 7. The highest BCUT2D eigenvalue weighted by molar-refractivity contribution is 6.00. The number of pyridine rings is 1. The van der Waals surface area contributed by atoms with Crippen LogP contribution < -0.4 is 14.4 Å². The molecule has 0 radical (unpaired) electrons. The summed E-state index contributed by atoms with van der Waals surface area (Å²) >= 11 is 0. The Morgan fingerprint density at radius 2 is 1.85 bits per heavy atom. The van der Waals surface area contributed by atoms with Gasteiger partial charge in [-0.05, 0) is 35.7 Å². The summed E-state index contributed by atoms with van der Waals surface area (Å²) in [6.07, 6.45) is 4.56. The van der Waals surface area contributed by atoms with Crippen LogP contribution in [-0.4, -0.2) is 73.1 Å². The van der Waals surface area contributed by atoms with E-state index in [2.05, 4.69) is 19.8 Å². The predicted molar refractivity (Wildman–Crippen MR) is 149 cm³/mol. The highest BCUT2D eigenvalue weighted by Gasteiger charge is 2.30. The second kappa shape index (κ2) is 10.5. The summed E-state index contributed by atoms with van der Waals surface area (Å²) in [5.41, 5.74) is 2.19. The molecule has 5 heterocycles. The summed E-state index contributed by atoms with van der Waals surface area (Å²) in [5.74, 6) is 1.52. The summed E-state index contributed by atoms with van der Waals surface area (Å²) in [5, 5.41) is 2.30. The number of fused-ring (bicyclic) bond motifs is 3. The number of methoxy groups -OCH3 is 1. The molecule has 10 heteroatoms. The molecule has 0 saturated carbocycles. The molecule has 7 rings (SSSR count). The third-order valence-corrected chi connectivity index (χ3v) is 7.76. The molecule has 3 aliphatic rings. The number of allylic oxidation sites excluding steroid dienone is 1. The molecule has 2 aromatic carbocycles. The summed E-state index contributed by atoms with van der Waals surface area (Å²) < 4.78 is 39.3. The van der Waals surface area contributed by atoms with E-state index < -0.39 is 5.82 Å². The zero-order chi connectivity index (χ0) is 27.1. The van der Waals surface area contributed by atoms with Crippen molar-refractivity contribution in [3.05, 3.63) is 59.9 Å². The summed E-state index contributed by atoms with van der Waals surface area (Å²) in [6, 6.07) is 11.6. The van der Waals surface area contributed by atoms with Gasteiger partial charge in [-0.15, -0.1) is 0 Å². The van der Waals surface area contributed by atoms with Gasteiger partial charge in [0.1, 0.15) is 28.5 Å². The molecule has 0 amide bonds. The van der Waals surface area contributed by atoms with Crippen molar-refractivity contribution in [2.45, 2.75) is 19.3 Å². The molecule has 40 heavy (non-hydrogen) atoms. The molecular formula is C30H30FN5O4. The van der Waals surface area contributed by atoms with Crippen molar-refractivity contribution < 1.29 is 23.3 Å². The fourth-order valence-corrected chi connectivity index (χ4v) is 5.85. The van der Waals surface area contributed by atoms with E-state index in [1.54, 1.807) is 19.4 Å². The standard InChI is InChI=1S/C30H30FN5O4/c1-37-18-39-20-15-19-5-2-3-6-21(19)22(16-20)27-26(31)28-23(17-32-27)29(36-11-13-38-14-12-36)34-30(33-28)40-25-8-10-35-9-4-7-24(25)35/h2-3,5-6,15-17H,4,7-14,18H2,1H3. The molecule has 0 atom stereocenters. The lowest BCUT2D eigenvalue weighted by atomic mass is 10.00. The number of ether oxygens (including phenoxy) is 4. The molecule has 0 spiro atoms. The van der Waals surface area contributed by atoms with Crippen LogP contribution in [0, 0.1) is 5.82 Å². The van der Waals surface area contributed by atoms with Crippen molar-refractivity contribution in [1.29, 1.82) is 0 Å². The predicted octanol–water partition coefficient (Wildman–Crippen LogP) is 4.89. The molecule has 0 aliphatic carbocycles. The minimum absolute atomic E-state index is 0.0809. The average molecular weight is 544 g/mol. The third kappa shape index (κ3) is 4.47. The summed E-state index contributed by atoms with van der Waals surface area (Å²) in [7, 11) is 1.56. The molecule has 9 nitrogen and oxygen atoms in total. The first-order valence-electron chi connectivity index (χ1n) is 13.7. The van der Waals surface area contributed by atoms with Crippen LogP contribution in [0.3, 0.4) is 0 Å². The Labute approximate surface area is 231 Å². The number of hydrogen-bond acceptors (Lipinski definition) is 9. The van der Waals surface area contributed by atoms with Crippen LogP contribution in [0.2, 0.25) is 0 Å². The number of morpholine rings is 1. The van der Waals surface area contributed by atoms with Gasteiger partial charge in [0.15, 0.2) is 12.6 Å². The second-order valence-electron chi connectivity index (χ2n) is 10.2. The van der Waals surface area contributed by atoms with Crippen molar-refractivity contribution in [1.82, 2.24) is 19.9 Å². The van der Waals surface area contributed by atoms with E-state index in [9.17, 15) is 0 Å². The van der Waals surface area contributed by atoms with E-state index in [1.807, 2.05) is 30.3 Å². The first-order chi connectivity index (χ1) is 19.7. The molecule has 2 aromatic heterocycles. The van der Waals surface area contributed by atoms with Gasteiger partial charge in [0.2, 0.25) is 0 Å². The molecular weight excluding hydrogens is 513 g/mol. The van der Waals surface area contributed by atoms with Crippen molar-refractivity contribution in [3.63, 3.8) is 0 Å². The van der Waals surface area contributed by atoms with E-state index in [4.69, 9.17) is 23.9 Å². The van der Waals surface area contributed by atoms with Crippen LogP contribution >= 0.6 is 0 Å². The Kier molecular flexibility index (Phi) is 6.57. The van der Waals surface area contributed by atoms with Crippen LogP contribution in [0.1, 0.15) is 19.3 Å². The summed E-state index contributed by atoms with van der Waals surface area (Å²) in [4.78, 5) is 18.5. The lowest BCUT2D eigenvalue weighted by molar-refractivity contribution is 0.0512. The number of nitrogens with zero attached hydrogens (tertiary/aromatic N) is 5. The summed E-state index contributed by atoms with van der Waals surface area (Å²) in [6.45, 7) is 4.48. The van der Waals surface area contributed by atoms with E-state index >= 15 is 4.39 Å². The molecule has 2 saturated heterocycles. The second-order valence-corrected chi connectivity index (χ2v) is 10.2. The van der Waals surface area contributed by atoms with E-state index in [1.165, 1.54) is 5.70 Å². The van der Waals surface area contributed by atoms with Gasteiger partial charge in [0.05, 0.1) is 24.3 Å². The van der Waals surface area contributed by atoms with Crippen LogP contribution in [-0.2, 0) is 9.47 Å². The van der Waals surface area contributed by atoms with Crippen LogP contribution in [0.5, 0.6) is 11.8 Å². The maximum Gasteiger partial charge on any atom is 0.324 e. The first kappa shape index (κ1) is 25.0. The fraction of sp³-hybridized carbons (Fsp3) is 0.367. The van der Waals surface area contributed by atoms with Gasteiger partial charge in [0.25, 0.3) is 0 Å². The molecule has 0 bridgehead atoms. The highest BCUT2D eigenvalue weighted by Crippen LogP contribution is 2.38. The van der Waals surface area contributed by atoms with Crippen molar-refractivity contribution in [2.24, 2.45) is 0 Å². The van der Waals surface area contributed by atoms with Gasteiger partial charge in [0, 0.05) is 51.5 Å². The zero-order valence-electron chi connectivity index (χ0n) is 22.4. The van der Waals surface area contributed by atoms with E-state index in [-0.39, 0.29) is 24.0 Å². The molecule has 206 valence electrons. The monoisotopic (exact) mass is 543 g/mol. The Balaban J connectivity index is 1.39. The zero-order valence-corrected chi connectivity index (χ0v) is 22.4. The molecule has 2 fully saturated rings. The van der Waals surface area contributed by atoms with Gasteiger partial charge >= 0.3 is 6.01 Å². The molecule has 3 aliphatic heterocycles. The van der Waals surface area contributed by atoms with Crippen molar-refractivity contribution in [2.75, 3.05) is 58.2 Å². The first-order valence-corrected chi connectivity index (χ1v) is 13.7. The minimum Gasteiger partial charge on any atom is -0.468 e. The molecule has 4 aromatic rings. The van der Waals surface area contributed by atoms with E-state index in [0.29, 0.717) is 48.8 Å². The van der Waals surface area contributed by atoms with Gasteiger partial charge in [-0.3, -0.25) is 4.98 Å². The van der Waals surface area contributed by atoms with Crippen LogP contribution in [0.15, 0.2) is 54.1 Å². The number of aromatic nitrogens is 3. The lowest BCUT2D eigenvalue weighted by Gasteiger charge is -2.28. The Bertz CT molecular complexity index is 1620. The maximum atomic E-state index is 16.6. The van der Waals surface area contributed by atoms with Crippen molar-refractivity contribution >= 4 is 27.5 Å². The van der Waals surface area contributed by atoms with E-state index in [0.717, 1.165) is 48.9 Å². The fourth-order valence-electron chi connectivity index (χ4n) is 5.85. The van der Waals surface area contributed by atoms with Gasteiger partial charge < -0.3 is 28.7 Å². The van der Waals surface area contributed by atoms with Crippen LogP contribution in [0.4, 0.5) is 10.2 Å². The number of hydrogen-bond donors (Lipinski definition) is 0. The normalized spacial score (nSPS) is 17.2. The highest BCUT2D eigenvalue weighted by atomic mass is 19.1. The number of benzene rings is 2. The lowest BCUT2D eigenvalue weighted by Crippen LogP contribution is -2.37. The minimum atomic E-state index is -0.528. The van der Waals surface area contributed by atoms with Crippen molar-refractivity contribution in [3.8, 4) is 23.0 Å².